The molecule has 0 spiro atoms. The van der Waals surface area contributed by atoms with Gasteiger partial charge in [0.2, 0.25) is 0 Å². The van der Waals surface area contributed by atoms with Gasteiger partial charge in [-0.2, -0.15) is 0 Å². The van der Waals surface area contributed by atoms with Crippen molar-refractivity contribution in [3.63, 3.8) is 0 Å². The van der Waals surface area contributed by atoms with Gasteiger partial charge in [-0.15, -0.1) is 0 Å². The first-order valence-electron chi connectivity index (χ1n) is 8.18. The maximum atomic E-state index is 12.9. The second-order valence-corrected chi connectivity index (χ2v) is 5.35. The monoisotopic (exact) mass is 374 g/mol. The molecule has 2 amide bonds. The lowest BCUT2D eigenvalue weighted by atomic mass is 10.1. The molecule has 0 aliphatic rings. The number of ether oxygens (including phenoxy) is 2. The van der Waals surface area contributed by atoms with Crippen molar-refractivity contribution < 1.29 is 28.2 Å². The Morgan fingerprint density at radius 3 is 2.37 bits per heavy atom. The maximum Gasteiger partial charge on any atom is 0.332 e. The number of anilines is 2. The SMILES string of the molecule is CCOCC(=O)OCC(=O)Nc1ccccc1C(=O)Nc1ccc(F)cc1. The van der Waals surface area contributed by atoms with Crippen LogP contribution in [0.25, 0.3) is 0 Å². The molecule has 2 aromatic carbocycles. The average Bonchev–Trinajstić information content (AvgIpc) is 2.67. The van der Waals surface area contributed by atoms with Crippen molar-refractivity contribution in [1.29, 1.82) is 0 Å². The number of hydrogen-bond acceptors (Lipinski definition) is 5. The van der Waals surface area contributed by atoms with Crippen LogP contribution in [0.3, 0.4) is 0 Å². The predicted molar refractivity (Wildman–Crippen MR) is 96.9 cm³/mol. The molecule has 0 fully saturated rings. The highest BCUT2D eigenvalue weighted by atomic mass is 19.1. The second-order valence-electron chi connectivity index (χ2n) is 5.35. The van der Waals surface area contributed by atoms with Crippen molar-refractivity contribution in [3.8, 4) is 0 Å². The summed E-state index contributed by atoms with van der Waals surface area (Å²) in [5.41, 5.74) is 0.867. The number of carbonyl (C=O) groups is 3. The van der Waals surface area contributed by atoms with Crippen LogP contribution in [0.5, 0.6) is 0 Å². The molecule has 0 heterocycles. The predicted octanol–water partition coefficient (Wildman–Crippen LogP) is 2.60. The van der Waals surface area contributed by atoms with Gasteiger partial charge in [0.15, 0.2) is 6.61 Å². The minimum atomic E-state index is -0.658. The van der Waals surface area contributed by atoms with Crippen LogP contribution in [-0.2, 0) is 19.1 Å². The Morgan fingerprint density at radius 1 is 0.963 bits per heavy atom. The van der Waals surface area contributed by atoms with Gasteiger partial charge in [-0.3, -0.25) is 9.59 Å². The fraction of sp³-hybridized carbons (Fsp3) is 0.211. The molecular weight excluding hydrogens is 355 g/mol. The van der Waals surface area contributed by atoms with E-state index in [1.54, 1.807) is 25.1 Å². The van der Waals surface area contributed by atoms with Gasteiger partial charge >= 0.3 is 5.97 Å². The number of rotatable bonds is 8. The number of halogens is 1. The van der Waals surface area contributed by atoms with E-state index in [-0.39, 0.29) is 17.9 Å². The number of para-hydroxylation sites is 1. The van der Waals surface area contributed by atoms with E-state index in [1.807, 2.05) is 0 Å². The van der Waals surface area contributed by atoms with Crippen molar-refractivity contribution in [2.75, 3.05) is 30.5 Å². The number of esters is 1. The smallest absolute Gasteiger partial charge is 0.332 e. The van der Waals surface area contributed by atoms with E-state index in [1.165, 1.54) is 30.3 Å². The summed E-state index contributed by atoms with van der Waals surface area (Å²) in [6.45, 7) is 1.35. The Bertz CT molecular complexity index is 808. The molecule has 0 unspecified atom stereocenters. The molecule has 0 atom stereocenters. The molecule has 0 aliphatic heterocycles. The first kappa shape index (κ1) is 20.1. The van der Waals surface area contributed by atoms with E-state index in [4.69, 9.17) is 9.47 Å². The molecule has 2 rings (SSSR count). The fourth-order valence-corrected chi connectivity index (χ4v) is 2.08. The maximum absolute atomic E-state index is 12.9. The Labute approximate surface area is 155 Å². The standard InChI is InChI=1S/C19H19FN2O5/c1-2-26-12-18(24)27-11-17(23)22-16-6-4-3-5-15(16)19(25)21-14-9-7-13(20)8-10-14/h3-10H,2,11-12H2,1H3,(H,21,25)(H,22,23). The van der Waals surface area contributed by atoms with Crippen molar-refractivity contribution in [1.82, 2.24) is 0 Å². The Balaban J connectivity index is 1.98. The molecule has 0 saturated carbocycles. The zero-order chi connectivity index (χ0) is 19.6. The van der Waals surface area contributed by atoms with Crippen LogP contribution in [0.2, 0.25) is 0 Å². The summed E-state index contributed by atoms with van der Waals surface area (Å²) < 4.78 is 22.6. The highest BCUT2D eigenvalue weighted by Crippen LogP contribution is 2.17. The molecular formula is C19H19FN2O5. The number of nitrogens with one attached hydrogen (secondary N) is 2. The molecule has 2 aromatic rings. The van der Waals surface area contributed by atoms with Crippen LogP contribution < -0.4 is 10.6 Å². The Hall–Kier alpha value is -3.26. The lowest BCUT2D eigenvalue weighted by Crippen LogP contribution is -2.24. The van der Waals surface area contributed by atoms with E-state index in [0.717, 1.165) is 0 Å². The molecule has 142 valence electrons. The van der Waals surface area contributed by atoms with Gasteiger partial charge in [-0.25, -0.2) is 9.18 Å². The Kier molecular flexibility index (Phi) is 7.45. The molecule has 7 nitrogen and oxygen atoms in total. The second kappa shape index (κ2) is 10.0. The van der Waals surface area contributed by atoms with E-state index < -0.39 is 30.2 Å². The summed E-state index contributed by atoms with van der Waals surface area (Å²) in [7, 11) is 0. The van der Waals surface area contributed by atoms with Crippen LogP contribution in [0.1, 0.15) is 17.3 Å². The van der Waals surface area contributed by atoms with E-state index in [0.29, 0.717) is 12.3 Å². The lowest BCUT2D eigenvalue weighted by molar-refractivity contribution is -0.151. The van der Waals surface area contributed by atoms with Crippen LogP contribution in [0.15, 0.2) is 48.5 Å². The summed E-state index contributed by atoms with van der Waals surface area (Å²) in [4.78, 5) is 35.7. The molecule has 0 aliphatic carbocycles. The molecule has 2 N–H and O–H groups in total. The van der Waals surface area contributed by atoms with Gasteiger partial charge < -0.3 is 20.1 Å². The molecule has 0 bridgehead atoms. The zero-order valence-electron chi connectivity index (χ0n) is 14.7. The van der Waals surface area contributed by atoms with Crippen molar-refractivity contribution in [3.05, 3.63) is 59.9 Å². The van der Waals surface area contributed by atoms with Crippen molar-refractivity contribution in [2.45, 2.75) is 6.92 Å². The third kappa shape index (κ3) is 6.52. The molecule has 27 heavy (non-hydrogen) atoms. The van der Waals surface area contributed by atoms with Crippen LogP contribution in [0, 0.1) is 5.82 Å². The first-order chi connectivity index (χ1) is 13.0. The summed E-state index contributed by atoms with van der Waals surface area (Å²) in [5, 5.41) is 5.13. The van der Waals surface area contributed by atoms with Gasteiger partial charge in [0, 0.05) is 12.3 Å². The Morgan fingerprint density at radius 2 is 1.67 bits per heavy atom. The van der Waals surface area contributed by atoms with Gasteiger partial charge in [0.1, 0.15) is 12.4 Å². The third-order valence-corrected chi connectivity index (χ3v) is 3.34. The number of benzene rings is 2. The summed E-state index contributed by atoms with van der Waals surface area (Å²) >= 11 is 0. The molecule has 0 saturated heterocycles. The molecule has 0 aromatic heterocycles. The topological polar surface area (TPSA) is 93.7 Å². The first-order valence-corrected chi connectivity index (χ1v) is 8.18. The van der Waals surface area contributed by atoms with Crippen LogP contribution in [-0.4, -0.2) is 37.6 Å². The van der Waals surface area contributed by atoms with Crippen LogP contribution in [0.4, 0.5) is 15.8 Å². The normalized spacial score (nSPS) is 10.1. The van der Waals surface area contributed by atoms with Gasteiger partial charge in [-0.05, 0) is 43.3 Å². The zero-order valence-corrected chi connectivity index (χ0v) is 14.7. The fourth-order valence-electron chi connectivity index (χ4n) is 2.08. The quantitative estimate of drug-likeness (QED) is 0.693. The molecule has 0 radical (unpaired) electrons. The van der Waals surface area contributed by atoms with Gasteiger partial charge in [0.05, 0.1) is 11.3 Å². The van der Waals surface area contributed by atoms with Gasteiger partial charge in [-0.1, -0.05) is 12.1 Å². The van der Waals surface area contributed by atoms with Crippen molar-refractivity contribution >= 4 is 29.2 Å². The third-order valence-electron chi connectivity index (χ3n) is 3.34. The van der Waals surface area contributed by atoms with Crippen molar-refractivity contribution in [2.24, 2.45) is 0 Å². The number of hydrogen-bond donors (Lipinski definition) is 2. The minimum Gasteiger partial charge on any atom is -0.454 e. The number of carbonyl (C=O) groups excluding carboxylic acids is 3. The minimum absolute atomic E-state index is 0.204. The van der Waals surface area contributed by atoms with E-state index >= 15 is 0 Å². The summed E-state index contributed by atoms with van der Waals surface area (Å²) in [6.07, 6.45) is 0. The summed E-state index contributed by atoms with van der Waals surface area (Å²) in [5.74, 6) is -2.15. The average molecular weight is 374 g/mol. The van der Waals surface area contributed by atoms with E-state index in [2.05, 4.69) is 10.6 Å². The van der Waals surface area contributed by atoms with Gasteiger partial charge in [0.25, 0.3) is 11.8 Å². The van der Waals surface area contributed by atoms with E-state index in [9.17, 15) is 18.8 Å². The highest BCUT2D eigenvalue weighted by Gasteiger charge is 2.14. The van der Waals surface area contributed by atoms with Crippen LogP contribution >= 0.6 is 0 Å². The largest absolute Gasteiger partial charge is 0.454 e. The number of amides is 2. The molecule has 8 heteroatoms. The highest BCUT2D eigenvalue weighted by molar-refractivity contribution is 6.10. The lowest BCUT2D eigenvalue weighted by Gasteiger charge is -2.12. The summed E-state index contributed by atoms with van der Waals surface area (Å²) in [6, 6.07) is 11.6.